The lowest BCUT2D eigenvalue weighted by atomic mass is 10.5. The van der Waals surface area contributed by atoms with E-state index in [1.165, 1.54) is 6.33 Å². The van der Waals surface area contributed by atoms with E-state index in [2.05, 4.69) is 15.1 Å². The molecule has 0 N–H and O–H groups in total. The summed E-state index contributed by atoms with van der Waals surface area (Å²) >= 11 is 0. The van der Waals surface area contributed by atoms with Crippen molar-refractivity contribution in [3.63, 3.8) is 0 Å². The van der Waals surface area contributed by atoms with Gasteiger partial charge in [-0.25, -0.2) is 9.97 Å². The second kappa shape index (κ2) is 2.41. The Kier molecular flexibility index (Phi) is 1.48. The summed E-state index contributed by atoms with van der Waals surface area (Å²) in [5, 5.41) is 3.16. The van der Waals surface area contributed by atoms with Gasteiger partial charge in [-0.05, 0) is 0 Å². The van der Waals surface area contributed by atoms with Crippen LogP contribution in [0, 0.1) is 0 Å². The van der Waals surface area contributed by atoms with Gasteiger partial charge in [0, 0.05) is 0 Å². The Morgan fingerprint density at radius 1 is 1.23 bits per heavy atom. The van der Waals surface area contributed by atoms with Crippen molar-refractivity contribution in [3.05, 3.63) is 18.7 Å². The summed E-state index contributed by atoms with van der Waals surface area (Å²) in [6.45, 7) is 0. The second-order valence-corrected chi connectivity index (χ2v) is 2.32. The molecule has 2 aromatic heterocycles. The van der Waals surface area contributed by atoms with Crippen LogP contribution in [0.2, 0.25) is 0 Å². The normalized spacial score (nSPS) is 12.2. The highest BCUT2D eigenvalue weighted by Crippen LogP contribution is 2.24. The van der Waals surface area contributed by atoms with Crippen molar-refractivity contribution in [1.29, 1.82) is 0 Å². The number of alkyl halides is 3. The molecule has 7 heteroatoms. The molecule has 0 atom stereocenters. The van der Waals surface area contributed by atoms with Crippen molar-refractivity contribution in [2.45, 2.75) is 6.30 Å². The molecule has 0 spiro atoms. The number of rotatable bonds is 0. The van der Waals surface area contributed by atoms with Gasteiger partial charge in [-0.1, -0.05) is 0 Å². The zero-order chi connectivity index (χ0) is 9.47. The highest BCUT2D eigenvalue weighted by Gasteiger charge is 2.33. The van der Waals surface area contributed by atoms with Crippen LogP contribution in [0.5, 0.6) is 0 Å². The number of nitrogens with zero attached hydrogens (tertiary/aromatic N) is 4. The number of aromatic nitrogens is 4. The third kappa shape index (κ3) is 1.21. The molecule has 0 aliphatic rings. The van der Waals surface area contributed by atoms with Crippen LogP contribution in [0.15, 0.2) is 18.7 Å². The molecule has 68 valence electrons. The maximum absolute atomic E-state index is 12.2. The molecular formula is C6H3F3N4. The van der Waals surface area contributed by atoms with E-state index in [9.17, 15) is 13.2 Å². The zero-order valence-corrected chi connectivity index (χ0v) is 6.15. The molecule has 2 rings (SSSR count). The van der Waals surface area contributed by atoms with Crippen molar-refractivity contribution in [2.24, 2.45) is 0 Å². The Labute approximate surface area is 70.0 Å². The van der Waals surface area contributed by atoms with Gasteiger partial charge >= 0.3 is 6.30 Å². The molecule has 0 radical (unpaired) electrons. The van der Waals surface area contributed by atoms with Crippen molar-refractivity contribution >= 4 is 11.0 Å². The van der Waals surface area contributed by atoms with E-state index in [0.717, 1.165) is 12.4 Å². The van der Waals surface area contributed by atoms with Gasteiger partial charge in [-0.3, -0.25) is 0 Å². The molecule has 2 aromatic rings. The quantitative estimate of drug-likeness (QED) is 0.625. The molecule has 0 amide bonds. The van der Waals surface area contributed by atoms with Crippen LogP contribution in [0.25, 0.3) is 11.0 Å². The van der Waals surface area contributed by atoms with E-state index in [1.807, 2.05) is 0 Å². The first-order valence-electron chi connectivity index (χ1n) is 3.30. The summed E-state index contributed by atoms with van der Waals surface area (Å²) in [4.78, 5) is 7.11. The summed E-state index contributed by atoms with van der Waals surface area (Å²) < 4.78 is 36.5. The fourth-order valence-corrected chi connectivity index (χ4v) is 0.971. The van der Waals surface area contributed by atoms with E-state index in [0.29, 0.717) is 0 Å². The van der Waals surface area contributed by atoms with Crippen LogP contribution in [0.3, 0.4) is 0 Å². The fraction of sp³-hybridized carbons (Fsp3) is 0.167. The van der Waals surface area contributed by atoms with E-state index in [-0.39, 0.29) is 15.7 Å². The topological polar surface area (TPSA) is 43.6 Å². The van der Waals surface area contributed by atoms with E-state index >= 15 is 0 Å². The number of hydrogen-bond acceptors (Lipinski definition) is 3. The lowest BCUT2D eigenvalue weighted by Crippen LogP contribution is -2.17. The van der Waals surface area contributed by atoms with Crippen LogP contribution in [-0.2, 0) is 6.30 Å². The summed E-state index contributed by atoms with van der Waals surface area (Å²) in [5.41, 5.74) is 0.0299. The minimum Gasteiger partial charge on any atom is -0.243 e. The van der Waals surface area contributed by atoms with Gasteiger partial charge in [-0.15, -0.1) is 13.2 Å². The minimum atomic E-state index is -4.52. The fourth-order valence-electron chi connectivity index (χ4n) is 0.971. The Morgan fingerprint density at radius 2 is 2.00 bits per heavy atom. The number of halogens is 3. The van der Waals surface area contributed by atoms with Gasteiger partial charge in [0.15, 0.2) is 0 Å². The lowest BCUT2D eigenvalue weighted by molar-refractivity contribution is -0.209. The maximum Gasteiger partial charge on any atom is 0.505 e. The highest BCUT2D eigenvalue weighted by atomic mass is 19.4. The van der Waals surface area contributed by atoms with Gasteiger partial charge in [0.1, 0.15) is 17.4 Å². The molecule has 0 saturated carbocycles. The van der Waals surface area contributed by atoms with Crippen LogP contribution < -0.4 is 0 Å². The Balaban J connectivity index is 2.72. The third-order valence-corrected chi connectivity index (χ3v) is 1.49. The summed E-state index contributed by atoms with van der Waals surface area (Å²) in [7, 11) is 0. The van der Waals surface area contributed by atoms with Crippen LogP contribution in [0.1, 0.15) is 0 Å². The summed E-state index contributed by atoms with van der Waals surface area (Å²) in [5.74, 6) is 0. The summed E-state index contributed by atoms with van der Waals surface area (Å²) in [6.07, 6.45) is -1.23. The van der Waals surface area contributed by atoms with Crippen molar-refractivity contribution in [1.82, 2.24) is 19.7 Å². The van der Waals surface area contributed by atoms with Crippen molar-refractivity contribution in [2.75, 3.05) is 0 Å². The van der Waals surface area contributed by atoms with Gasteiger partial charge in [0.25, 0.3) is 0 Å². The van der Waals surface area contributed by atoms with Crippen LogP contribution >= 0.6 is 0 Å². The second-order valence-electron chi connectivity index (χ2n) is 2.32. The molecule has 0 bridgehead atoms. The first kappa shape index (κ1) is 7.96. The first-order chi connectivity index (χ1) is 6.09. The van der Waals surface area contributed by atoms with Crippen LogP contribution in [0.4, 0.5) is 13.2 Å². The largest absolute Gasteiger partial charge is 0.505 e. The molecule has 2 heterocycles. The Hall–Kier alpha value is -1.66. The lowest BCUT2D eigenvalue weighted by Gasteiger charge is -2.05. The molecular weight excluding hydrogens is 185 g/mol. The molecule has 0 unspecified atom stereocenters. The van der Waals surface area contributed by atoms with Gasteiger partial charge < -0.3 is 0 Å². The molecule has 0 saturated heterocycles. The standard InChI is InChI=1S/C6H3F3N4/c7-6(8,9)13-5-2-10-3-11-4(5)1-12-13/h1-3H. The minimum absolute atomic E-state index is 0.0671. The SMILES string of the molecule is FC(F)(F)n1ncc2ncncc21. The third-order valence-electron chi connectivity index (χ3n) is 1.49. The predicted molar refractivity (Wildman–Crippen MR) is 36.6 cm³/mol. The Bertz CT molecular complexity index is 433. The van der Waals surface area contributed by atoms with Crippen LogP contribution in [-0.4, -0.2) is 19.7 Å². The molecule has 4 nitrogen and oxygen atoms in total. The molecule has 0 aliphatic carbocycles. The number of fused-ring (bicyclic) bond motifs is 1. The van der Waals surface area contributed by atoms with E-state index in [4.69, 9.17) is 0 Å². The Morgan fingerprint density at radius 3 is 2.69 bits per heavy atom. The molecule has 0 aromatic carbocycles. The predicted octanol–water partition coefficient (Wildman–Crippen LogP) is 1.30. The van der Waals surface area contributed by atoms with Gasteiger partial charge in [0.05, 0.1) is 12.4 Å². The first-order valence-corrected chi connectivity index (χ1v) is 3.30. The van der Waals surface area contributed by atoms with Gasteiger partial charge in [-0.2, -0.15) is 9.78 Å². The average Bonchev–Trinajstić information content (AvgIpc) is 2.45. The summed E-state index contributed by atoms with van der Waals surface area (Å²) in [6, 6.07) is 0. The average molecular weight is 188 g/mol. The van der Waals surface area contributed by atoms with Crippen molar-refractivity contribution < 1.29 is 13.2 Å². The maximum atomic E-state index is 12.2. The van der Waals surface area contributed by atoms with E-state index in [1.54, 1.807) is 0 Å². The van der Waals surface area contributed by atoms with Gasteiger partial charge in [0.2, 0.25) is 0 Å². The molecule has 13 heavy (non-hydrogen) atoms. The highest BCUT2D eigenvalue weighted by molar-refractivity contribution is 5.72. The van der Waals surface area contributed by atoms with Crippen molar-refractivity contribution in [3.8, 4) is 0 Å². The molecule has 0 fully saturated rings. The smallest absolute Gasteiger partial charge is 0.243 e. The number of hydrogen-bond donors (Lipinski definition) is 0. The monoisotopic (exact) mass is 188 g/mol. The zero-order valence-electron chi connectivity index (χ0n) is 6.15. The molecule has 0 aliphatic heterocycles. The van der Waals surface area contributed by atoms with E-state index < -0.39 is 6.30 Å².